The number of para-hydroxylation sites is 4. The number of rotatable bonds is 2. The summed E-state index contributed by atoms with van der Waals surface area (Å²) in [5.74, 6) is 0.603. The maximum absolute atomic E-state index is 6.48. The average molecular weight is 502 g/mol. The summed E-state index contributed by atoms with van der Waals surface area (Å²) in [4.78, 5) is 13.0. The summed E-state index contributed by atoms with van der Waals surface area (Å²) in [6, 6.07) is 36.1. The zero-order valence-corrected chi connectivity index (χ0v) is 20.6. The van der Waals surface area contributed by atoms with Crippen LogP contribution in [0.5, 0.6) is 0 Å². The molecule has 0 aliphatic carbocycles. The van der Waals surface area contributed by atoms with Gasteiger partial charge in [-0.25, -0.2) is 15.0 Å². The van der Waals surface area contributed by atoms with E-state index in [0.29, 0.717) is 5.95 Å². The van der Waals surface area contributed by atoms with E-state index in [2.05, 4.69) is 115 Å². The Kier molecular flexibility index (Phi) is 3.96. The van der Waals surface area contributed by atoms with Gasteiger partial charge in [-0.05, 0) is 36.4 Å². The molecule has 0 unspecified atom stereocenters. The summed E-state index contributed by atoms with van der Waals surface area (Å²) in [5, 5.41) is 6.95. The minimum Gasteiger partial charge on any atom is -0.454 e. The van der Waals surface area contributed by atoms with Gasteiger partial charge in [0.05, 0.1) is 27.8 Å². The van der Waals surface area contributed by atoms with Gasteiger partial charge in [-0.1, -0.05) is 66.7 Å². The second kappa shape index (κ2) is 7.52. The van der Waals surface area contributed by atoms with Crippen LogP contribution in [0.1, 0.15) is 0 Å². The highest BCUT2D eigenvalue weighted by Gasteiger charge is 2.22. The van der Waals surface area contributed by atoms with Gasteiger partial charge >= 0.3 is 0 Å². The third-order valence-corrected chi connectivity index (χ3v) is 7.78. The fraction of sp³-hybridized carbons (Fsp3) is 0. The van der Waals surface area contributed by atoms with Crippen molar-refractivity contribution in [3.05, 3.63) is 116 Å². The van der Waals surface area contributed by atoms with Crippen LogP contribution in [0.25, 0.3) is 77.2 Å². The van der Waals surface area contributed by atoms with Crippen molar-refractivity contribution in [3.63, 3.8) is 0 Å². The Labute approximate surface area is 221 Å². The number of fused-ring (bicyclic) bond motifs is 10. The maximum Gasteiger partial charge on any atom is 0.237 e. The Morgan fingerprint density at radius 1 is 0.487 bits per heavy atom. The Hall–Kier alpha value is -5.49. The Morgan fingerprint density at radius 3 is 1.82 bits per heavy atom. The second-order valence-electron chi connectivity index (χ2n) is 9.75. The third-order valence-electron chi connectivity index (χ3n) is 7.78. The molecule has 0 radical (unpaired) electrons. The lowest BCUT2D eigenvalue weighted by molar-refractivity contribution is 0.666. The van der Waals surface area contributed by atoms with E-state index in [1.165, 1.54) is 16.2 Å². The van der Waals surface area contributed by atoms with E-state index >= 15 is 0 Å². The summed E-state index contributed by atoms with van der Waals surface area (Å²) < 4.78 is 10.9. The van der Waals surface area contributed by atoms with Crippen LogP contribution in [-0.4, -0.2) is 24.1 Å². The number of hydrogen-bond acceptors (Lipinski definition) is 4. The SMILES string of the molecule is c1ccc2c(c1)oc1c(-n3c4ccccc4c4c5c6ccccc6n(-c6ncncn6)c5ccc43)cccc12. The lowest BCUT2D eigenvalue weighted by Crippen LogP contribution is -2.00. The van der Waals surface area contributed by atoms with E-state index < -0.39 is 0 Å². The summed E-state index contributed by atoms with van der Waals surface area (Å²) in [5.41, 5.74) is 7.16. The van der Waals surface area contributed by atoms with Gasteiger partial charge in [0.1, 0.15) is 18.2 Å². The van der Waals surface area contributed by atoms with Gasteiger partial charge in [0, 0.05) is 32.3 Å². The number of nitrogens with zero attached hydrogens (tertiary/aromatic N) is 5. The molecule has 9 aromatic rings. The molecule has 9 rings (SSSR count). The van der Waals surface area contributed by atoms with Crippen LogP contribution in [0.2, 0.25) is 0 Å². The Morgan fingerprint density at radius 2 is 1.08 bits per heavy atom. The zero-order chi connectivity index (χ0) is 25.5. The van der Waals surface area contributed by atoms with Crippen LogP contribution >= 0.6 is 0 Å². The quantitative estimate of drug-likeness (QED) is 0.241. The maximum atomic E-state index is 6.48. The van der Waals surface area contributed by atoms with Gasteiger partial charge in [-0.3, -0.25) is 4.57 Å². The van der Waals surface area contributed by atoms with Crippen LogP contribution in [0.4, 0.5) is 0 Å². The molecule has 4 heterocycles. The van der Waals surface area contributed by atoms with E-state index in [4.69, 9.17) is 4.42 Å². The highest BCUT2D eigenvalue weighted by atomic mass is 16.3. The van der Waals surface area contributed by atoms with Crippen molar-refractivity contribution in [1.82, 2.24) is 24.1 Å². The van der Waals surface area contributed by atoms with Gasteiger partial charge < -0.3 is 8.98 Å². The molecule has 0 fully saturated rings. The molecule has 0 aliphatic rings. The molecule has 0 saturated carbocycles. The minimum absolute atomic E-state index is 0.603. The van der Waals surface area contributed by atoms with Crippen LogP contribution in [-0.2, 0) is 0 Å². The molecular formula is C33H19N5O. The molecule has 0 aliphatic heterocycles. The molecule has 0 amide bonds. The van der Waals surface area contributed by atoms with E-state index in [1.54, 1.807) is 12.7 Å². The largest absolute Gasteiger partial charge is 0.454 e. The van der Waals surface area contributed by atoms with Crippen molar-refractivity contribution >= 4 is 65.6 Å². The normalized spacial score (nSPS) is 12.1. The van der Waals surface area contributed by atoms with Crippen molar-refractivity contribution in [2.45, 2.75) is 0 Å². The molecule has 182 valence electrons. The van der Waals surface area contributed by atoms with Gasteiger partial charge in [0.15, 0.2) is 5.58 Å². The van der Waals surface area contributed by atoms with Gasteiger partial charge in [-0.2, -0.15) is 0 Å². The first-order valence-electron chi connectivity index (χ1n) is 12.9. The average Bonchev–Trinajstić information content (AvgIpc) is 3.65. The topological polar surface area (TPSA) is 61.7 Å². The van der Waals surface area contributed by atoms with E-state index in [-0.39, 0.29) is 0 Å². The smallest absolute Gasteiger partial charge is 0.237 e. The first kappa shape index (κ1) is 20.6. The molecule has 0 N–H and O–H groups in total. The van der Waals surface area contributed by atoms with Crippen molar-refractivity contribution < 1.29 is 4.42 Å². The van der Waals surface area contributed by atoms with E-state index in [9.17, 15) is 0 Å². The van der Waals surface area contributed by atoms with Crippen LogP contribution in [0.15, 0.2) is 120 Å². The highest BCUT2D eigenvalue weighted by molar-refractivity contribution is 6.29. The molecule has 5 aromatic carbocycles. The van der Waals surface area contributed by atoms with Gasteiger partial charge in [0.2, 0.25) is 5.95 Å². The van der Waals surface area contributed by atoms with E-state index in [0.717, 1.165) is 55.1 Å². The first-order valence-corrected chi connectivity index (χ1v) is 12.9. The standard InChI is InChI=1S/C33H19N5O/c1-4-12-24-22(9-1)30-26(37(24)28-14-7-11-21-20-8-3-6-15-29(20)39-32(21)28)16-17-27-31(30)23-10-2-5-13-25(23)38(27)33-35-18-34-19-36-33/h1-19H. The van der Waals surface area contributed by atoms with Crippen molar-refractivity contribution in [3.8, 4) is 11.6 Å². The second-order valence-corrected chi connectivity index (χ2v) is 9.75. The number of aromatic nitrogens is 5. The van der Waals surface area contributed by atoms with Crippen LogP contribution in [0, 0.1) is 0 Å². The number of furan rings is 1. The Balaban J connectivity index is 1.49. The zero-order valence-electron chi connectivity index (χ0n) is 20.6. The monoisotopic (exact) mass is 501 g/mol. The number of benzene rings is 5. The Bertz CT molecular complexity index is 2400. The lowest BCUT2D eigenvalue weighted by atomic mass is 10.1. The van der Waals surface area contributed by atoms with Crippen molar-refractivity contribution in [2.24, 2.45) is 0 Å². The fourth-order valence-corrected chi connectivity index (χ4v) is 6.25. The molecule has 4 aromatic heterocycles. The summed E-state index contributed by atoms with van der Waals surface area (Å²) in [6.45, 7) is 0. The summed E-state index contributed by atoms with van der Waals surface area (Å²) in [6.07, 6.45) is 3.09. The molecule has 0 saturated heterocycles. The van der Waals surface area contributed by atoms with Gasteiger partial charge in [-0.15, -0.1) is 0 Å². The molecule has 6 heteroatoms. The number of hydrogen-bond donors (Lipinski definition) is 0. The fourth-order valence-electron chi connectivity index (χ4n) is 6.25. The summed E-state index contributed by atoms with van der Waals surface area (Å²) in [7, 11) is 0. The molecule has 6 nitrogen and oxygen atoms in total. The molecular weight excluding hydrogens is 482 g/mol. The van der Waals surface area contributed by atoms with Crippen molar-refractivity contribution in [1.29, 1.82) is 0 Å². The summed E-state index contributed by atoms with van der Waals surface area (Å²) >= 11 is 0. The third kappa shape index (κ3) is 2.67. The van der Waals surface area contributed by atoms with Gasteiger partial charge in [0.25, 0.3) is 0 Å². The molecule has 0 spiro atoms. The molecule has 0 bridgehead atoms. The molecule has 0 atom stereocenters. The van der Waals surface area contributed by atoms with Crippen molar-refractivity contribution in [2.75, 3.05) is 0 Å². The predicted octanol–water partition coefficient (Wildman–Crippen LogP) is 7.97. The minimum atomic E-state index is 0.603. The van der Waals surface area contributed by atoms with Crippen LogP contribution in [0.3, 0.4) is 0 Å². The molecule has 39 heavy (non-hydrogen) atoms. The first-order chi connectivity index (χ1) is 19.4. The highest BCUT2D eigenvalue weighted by Crippen LogP contribution is 2.43. The predicted molar refractivity (Wildman–Crippen MR) is 156 cm³/mol. The lowest BCUT2D eigenvalue weighted by Gasteiger charge is -2.09. The van der Waals surface area contributed by atoms with E-state index in [1.807, 2.05) is 12.1 Å². The van der Waals surface area contributed by atoms with Crippen LogP contribution < -0.4 is 0 Å².